The maximum atomic E-state index is 12.9. The minimum atomic E-state index is -0.284. The summed E-state index contributed by atoms with van der Waals surface area (Å²) >= 11 is 0. The van der Waals surface area contributed by atoms with Crippen molar-refractivity contribution in [2.24, 2.45) is 0 Å². The molecular weight excluding hydrogens is 408 g/mol. The lowest BCUT2D eigenvalue weighted by molar-refractivity contribution is 0.0715. The van der Waals surface area contributed by atoms with E-state index in [2.05, 4.69) is 25.4 Å². The number of aromatic nitrogens is 3. The second-order valence-electron chi connectivity index (χ2n) is 7.37. The quantitative estimate of drug-likeness (QED) is 0.529. The van der Waals surface area contributed by atoms with Crippen LogP contribution in [0.3, 0.4) is 0 Å². The van der Waals surface area contributed by atoms with E-state index in [0.717, 1.165) is 5.82 Å². The largest absolute Gasteiger partial charge is 0.451 e. The monoisotopic (exact) mass is 428 g/mol. The number of benzene rings is 1. The van der Waals surface area contributed by atoms with Crippen LogP contribution in [0, 0.1) is 0 Å². The number of nitrogens with one attached hydrogen (secondary N) is 1. The maximum Gasteiger partial charge on any atom is 0.289 e. The third kappa shape index (κ3) is 4.00. The van der Waals surface area contributed by atoms with E-state index in [-0.39, 0.29) is 17.1 Å². The molecule has 1 aliphatic rings. The number of carbonyl (C=O) groups excluding carboxylic acids is 1. The van der Waals surface area contributed by atoms with Gasteiger partial charge in [-0.2, -0.15) is 0 Å². The molecule has 1 N–H and O–H groups in total. The molecule has 1 amide bonds. The molecule has 160 valence electrons. The number of fused-ring (bicyclic) bond motifs is 1. The number of carbonyl (C=O) groups is 1. The van der Waals surface area contributed by atoms with Crippen LogP contribution >= 0.6 is 0 Å². The van der Waals surface area contributed by atoms with E-state index in [0.29, 0.717) is 48.8 Å². The summed E-state index contributed by atoms with van der Waals surface area (Å²) in [5, 5.41) is 12.1. The predicted octanol–water partition coefficient (Wildman–Crippen LogP) is 2.68. The van der Waals surface area contributed by atoms with Gasteiger partial charge in [-0.1, -0.05) is 18.2 Å². The van der Waals surface area contributed by atoms with Gasteiger partial charge in [0.1, 0.15) is 11.4 Å². The number of hydrogen-bond donors (Lipinski definition) is 1. The standard InChI is InChI=1S/C23H20N6O3/c30-17-15-19(32-18-6-2-1-5-16(17)18)23(31)29-13-11-28(12-14-29)22-9-8-21(26-27-22)25-20-7-3-4-10-24-20/h1-10,15H,11-14H2,(H,24,25,26). The molecule has 0 unspecified atom stereocenters. The lowest BCUT2D eigenvalue weighted by Crippen LogP contribution is -2.49. The molecule has 4 aromatic rings. The van der Waals surface area contributed by atoms with Gasteiger partial charge in [0.2, 0.25) is 0 Å². The summed E-state index contributed by atoms with van der Waals surface area (Å²) in [6.07, 6.45) is 1.70. The summed E-state index contributed by atoms with van der Waals surface area (Å²) in [4.78, 5) is 33.2. The summed E-state index contributed by atoms with van der Waals surface area (Å²) in [6, 6.07) is 17.5. The second-order valence-corrected chi connectivity index (χ2v) is 7.37. The van der Waals surface area contributed by atoms with Crippen molar-refractivity contribution in [3.05, 3.63) is 82.8 Å². The zero-order valence-corrected chi connectivity index (χ0v) is 17.1. The number of anilines is 3. The van der Waals surface area contributed by atoms with Gasteiger partial charge in [-0.05, 0) is 36.4 Å². The first-order valence-corrected chi connectivity index (χ1v) is 10.3. The number of amides is 1. The first kappa shape index (κ1) is 19.7. The molecular formula is C23H20N6O3. The van der Waals surface area contributed by atoms with Crippen LogP contribution in [0.1, 0.15) is 10.6 Å². The number of nitrogens with zero attached hydrogens (tertiary/aromatic N) is 5. The summed E-state index contributed by atoms with van der Waals surface area (Å²) in [5.74, 6) is 1.82. The van der Waals surface area contributed by atoms with Crippen LogP contribution in [0.5, 0.6) is 0 Å². The van der Waals surface area contributed by atoms with Gasteiger partial charge in [-0.25, -0.2) is 4.98 Å². The van der Waals surface area contributed by atoms with E-state index in [4.69, 9.17) is 4.42 Å². The van der Waals surface area contributed by atoms with E-state index in [1.807, 2.05) is 30.3 Å². The van der Waals surface area contributed by atoms with E-state index in [9.17, 15) is 9.59 Å². The Balaban J connectivity index is 1.23. The van der Waals surface area contributed by atoms with Crippen LogP contribution in [0.25, 0.3) is 11.0 Å². The van der Waals surface area contributed by atoms with Gasteiger partial charge in [0.15, 0.2) is 22.8 Å². The normalized spacial score (nSPS) is 13.9. The smallest absolute Gasteiger partial charge is 0.289 e. The molecule has 0 saturated carbocycles. The Hall–Kier alpha value is -4.27. The van der Waals surface area contributed by atoms with Crippen LogP contribution < -0.4 is 15.6 Å². The highest BCUT2D eigenvalue weighted by Crippen LogP contribution is 2.18. The SMILES string of the molecule is O=C(c1cc(=O)c2ccccc2o1)N1CCN(c2ccc(Nc3ccccn3)nn2)CC1. The van der Waals surface area contributed by atoms with E-state index in [1.165, 1.54) is 6.07 Å². The van der Waals surface area contributed by atoms with Gasteiger partial charge in [0.05, 0.1) is 5.39 Å². The van der Waals surface area contributed by atoms with Crippen LogP contribution in [0.15, 0.2) is 76.1 Å². The number of pyridine rings is 1. The topological polar surface area (TPSA) is 104 Å². The molecule has 0 spiro atoms. The van der Waals surface area contributed by atoms with E-state index >= 15 is 0 Å². The molecule has 9 heteroatoms. The van der Waals surface area contributed by atoms with Gasteiger partial charge in [0, 0.05) is 38.4 Å². The average molecular weight is 428 g/mol. The molecule has 0 aliphatic carbocycles. The molecule has 1 fully saturated rings. The predicted molar refractivity (Wildman–Crippen MR) is 120 cm³/mol. The molecule has 1 aliphatic heterocycles. The van der Waals surface area contributed by atoms with Gasteiger partial charge in [0.25, 0.3) is 5.91 Å². The number of piperazine rings is 1. The van der Waals surface area contributed by atoms with Crippen LogP contribution in [-0.2, 0) is 0 Å². The minimum absolute atomic E-state index is 0.0619. The minimum Gasteiger partial charge on any atom is -0.451 e. The van der Waals surface area contributed by atoms with Crippen molar-refractivity contribution >= 4 is 34.3 Å². The molecule has 9 nitrogen and oxygen atoms in total. The Kier molecular flexibility index (Phi) is 5.20. The Morgan fingerprint density at radius 2 is 1.72 bits per heavy atom. The van der Waals surface area contributed by atoms with Crippen molar-refractivity contribution in [1.82, 2.24) is 20.1 Å². The van der Waals surface area contributed by atoms with E-state index in [1.54, 1.807) is 35.4 Å². The Morgan fingerprint density at radius 3 is 2.47 bits per heavy atom. The van der Waals surface area contributed by atoms with Crippen LogP contribution in [0.2, 0.25) is 0 Å². The van der Waals surface area contributed by atoms with Gasteiger partial charge in [-0.3, -0.25) is 9.59 Å². The number of para-hydroxylation sites is 1. The summed E-state index contributed by atoms with van der Waals surface area (Å²) in [5.41, 5.74) is 0.195. The van der Waals surface area contributed by atoms with E-state index < -0.39 is 0 Å². The van der Waals surface area contributed by atoms with Crippen molar-refractivity contribution in [1.29, 1.82) is 0 Å². The Bertz CT molecular complexity index is 1300. The van der Waals surface area contributed by atoms with Crippen LogP contribution in [0.4, 0.5) is 17.5 Å². The summed E-state index contributed by atoms with van der Waals surface area (Å²) in [7, 11) is 0. The van der Waals surface area contributed by atoms with Gasteiger partial charge in [-0.15, -0.1) is 10.2 Å². The molecule has 5 rings (SSSR count). The molecule has 1 aromatic carbocycles. The van der Waals surface area contributed by atoms with Crippen molar-refractivity contribution in [2.45, 2.75) is 0 Å². The fraction of sp³-hybridized carbons (Fsp3) is 0.174. The average Bonchev–Trinajstić information content (AvgIpc) is 2.85. The number of hydrogen-bond acceptors (Lipinski definition) is 8. The van der Waals surface area contributed by atoms with Crippen LogP contribution in [-0.4, -0.2) is 52.2 Å². The van der Waals surface area contributed by atoms with Crippen molar-refractivity contribution in [3.8, 4) is 0 Å². The molecule has 4 heterocycles. The lowest BCUT2D eigenvalue weighted by Gasteiger charge is -2.34. The molecule has 0 radical (unpaired) electrons. The Labute approximate surface area is 183 Å². The highest BCUT2D eigenvalue weighted by Gasteiger charge is 2.25. The fourth-order valence-corrected chi connectivity index (χ4v) is 3.63. The molecule has 1 saturated heterocycles. The highest BCUT2D eigenvalue weighted by molar-refractivity contribution is 5.93. The first-order chi connectivity index (χ1) is 15.7. The maximum absolute atomic E-state index is 12.9. The van der Waals surface area contributed by atoms with Crippen molar-refractivity contribution in [3.63, 3.8) is 0 Å². The zero-order valence-electron chi connectivity index (χ0n) is 17.1. The Morgan fingerprint density at radius 1 is 0.906 bits per heavy atom. The third-order valence-corrected chi connectivity index (χ3v) is 5.31. The molecule has 0 atom stereocenters. The lowest BCUT2D eigenvalue weighted by atomic mass is 10.2. The van der Waals surface area contributed by atoms with Crippen molar-refractivity contribution < 1.29 is 9.21 Å². The first-order valence-electron chi connectivity index (χ1n) is 10.3. The molecule has 3 aromatic heterocycles. The van der Waals surface area contributed by atoms with Gasteiger partial charge >= 0.3 is 0 Å². The van der Waals surface area contributed by atoms with Gasteiger partial charge < -0.3 is 19.5 Å². The fourth-order valence-electron chi connectivity index (χ4n) is 3.63. The van der Waals surface area contributed by atoms with Crippen molar-refractivity contribution in [2.75, 3.05) is 36.4 Å². The highest BCUT2D eigenvalue weighted by atomic mass is 16.3. The summed E-state index contributed by atoms with van der Waals surface area (Å²) < 4.78 is 5.69. The second kappa shape index (κ2) is 8.46. The third-order valence-electron chi connectivity index (χ3n) is 5.31. The molecule has 0 bridgehead atoms. The summed E-state index contributed by atoms with van der Waals surface area (Å²) in [6.45, 7) is 2.19. The number of rotatable bonds is 4. The zero-order chi connectivity index (χ0) is 21.9. The molecule has 32 heavy (non-hydrogen) atoms.